The van der Waals surface area contributed by atoms with Crippen LogP contribution in [-0.2, 0) is 16.9 Å². The van der Waals surface area contributed by atoms with Crippen LogP contribution in [0.1, 0.15) is 42.0 Å². The Morgan fingerprint density at radius 3 is 2.62 bits per heavy atom. The van der Waals surface area contributed by atoms with Gasteiger partial charge in [0, 0.05) is 13.0 Å². The number of amidine groups is 1. The van der Waals surface area contributed by atoms with Gasteiger partial charge in [0.15, 0.2) is 0 Å². The van der Waals surface area contributed by atoms with Crippen LogP contribution < -0.4 is 15.9 Å². The van der Waals surface area contributed by atoms with Crippen LogP contribution in [0.5, 0.6) is 5.75 Å². The lowest BCUT2D eigenvalue weighted by Gasteiger charge is -2.29. The van der Waals surface area contributed by atoms with Gasteiger partial charge < -0.3 is 15.2 Å². The number of benzene rings is 2. The van der Waals surface area contributed by atoms with Crippen LogP contribution in [0.25, 0.3) is 0 Å². The van der Waals surface area contributed by atoms with Crippen molar-refractivity contribution >= 4 is 19.1 Å². The SMILES string of the molecule is [B]c1cc(COCC)cc(C2(c3ccc(OC)c(C)c3)CCC(N)=N2)c1. The van der Waals surface area contributed by atoms with Crippen LogP contribution in [0.15, 0.2) is 41.4 Å². The molecule has 2 N–H and O–H groups in total. The van der Waals surface area contributed by atoms with Gasteiger partial charge in [-0.05, 0) is 54.7 Å². The lowest BCUT2D eigenvalue weighted by molar-refractivity contribution is 0.134. The molecule has 0 aliphatic carbocycles. The van der Waals surface area contributed by atoms with Crippen LogP contribution in [0.3, 0.4) is 0 Å². The van der Waals surface area contributed by atoms with Crippen molar-refractivity contribution in [2.75, 3.05) is 13.7 Å². The largest absolute Gasteiger partial charge is 0.496 e. The van der Waals surface area contributed by atoms with Crippen molar-refractivity contribution in [3.05, 3.63) is 58.7 Å². The van der Waals surface area contributed by atoms with E-state index in [9.17, 15) is 0 Å². The van der Waals surface area contributed by atoms with E-state index in [1.54, 1.807) is 7.11 Å². The second kappa shape index (κ2) is 7.54. The van der Waals surface area contributed by atoms with Crippen molar-refractivity contribution in [3.8, 4) is 5.75 Å². The standard InChI is InChI=1S/C21H25BN2O2/c1-4-26-13-15-10-17(12-18(22)11-15)21(8-7-20(23)24-21)16-5-6-19(25-3)14(2)9-16/h5-6,9-12H,4,7-8,13H2,1-3H3,(H2,23,24). The normalized spacial score (nSPS) is 19.4. The van der Waals surface area contributed by atoms with Gasteiger partial charge in [-0.2, -0.15) is 0 Å². The number of hydrogen-bond donors (Lipinski definition) is 1. The highest BCUT2D eigenvalue weighted by Gasteiger charge is 2.38. The Labute approximate surface area is 156 Å². The van der Waals surface area contributed by atoms with Gasteiger partial charge in [-0.3, -0.25) is 4.99 Å². The van der Waals surface area contributed by atoms with Gasteiger partial charge >= 0.3 is 0 Å². The fraction of sp³-hybridized carbons (Fsp3) is 0.381. The lowest BCUT2D eigenvalue weighted by Crippen LogP contribution is -2.25. The van der Waals surface area contributed by atoms with Crippen LogP contribution in [0.4, 0.5) is 0 Å². The second-order valence-electron chi connectivity index (χ2n) is 6.75. The molecule has 2 radical (unpaired) electrons. The number of aliphatic imine (C=N–C) groups is 1. The summed E-state index contributed by atoms with van der Waals surface area (Å²) in [6, 6.07) is 12.3. The number of hydrogen-bond acceptors (Lipinski definition) is 4. The molecule has 134 valence electrons. The van der Waals surface area contributed by atoms with Crippen molar-refractivity contribution in [1.82, 2.24) is 0 Å². The average molecular weight is 348 g/mol. The summed E-state index contributed by atoms with van der Waals surface area (Å²) in [6.45, 7) is 5.22. The highest BCUT2D eigenvalue weighted by molar-refractivity contribution is 6.32. The number of nitrogens with two attached hydrogens (primary N) is 1. The lowest BCUT2D eigenvalue weighted by atomic mass is 9.78. The molecule has 0 saturated heterocycles. The molecule has 4 nitrogen and oxygen atoms in total. The molecule has 5 heteroatoms. The minimum Gasteiger partial charge on any atom is -0.496 e. The number of methoxy groups -OCH3 is 1. The molecule has 26 heavy (non-hydrogen) atoms. The van der Waals surface area contributed by atoms with E-state index in [1.165, 1.54) is 0 Å². The Bertz CT molecular complexity index is 835. The van der Waals surface area contributed by atoms with Gasteiger partial charge in [0.1, 0.15) is 19.1 Å². The summed E-state index contributed by atoms with van der Waals surface area (Å²) in [7, 11) is 7.87. The van der Waals surface area contributed by atoms with Gasteiger partial charge in [-0.25, -0.2) is 0 Å². The van der Waals surface area contributed by atoms with Crippen molar-refractivity contribution in [1.29, 1.82) is 0 Å². The summed E-state index contributed by atoms with van der Waals surface area (Å²) in [5.41, 5.74) is 10.6. The average Bonchev–Trinajstić information content (AvgIpc) is 3.02. The maximum absolute atomic E-state index is 6.19. The molecule has 0 saturated carbocycles. The molecule has 1 unspecified atom stereocenters. The molecule has 0 bridgehead atoms. The number of ether oxygens (including phenoxy) is 2. The molecule has 1 aliphatic rings. The van der Waals surface area contributed by atoms with E-state index in [0.29, 0.717) is 24.5 Å². The van der Waals surface area contributed by atoms with Crippen molar-refractivity contribution in [2.45, 2.75) is 38.8 Å². The molecule has 0 aromatic heterocycles. The summed E-state index contributed by atoms with van der Waals surface area (Å²) < 4.78 is 11.0. The van der Waals surface area contributed by atoms with Gasteiger partial charge in [0.05, 0.1) is 19.6 Å². The van der Waals surface area contributed by atoms with Crippen molar-refractivity contribution < 1.29 is 9.47 Å². The Kier molecular flexibility index (Phi) is 5.37. The van der Waals surface area contributed by atoms with Crippen LogP contribution in [0.2, 0.25) is 0 Å². The first-order chi connectivity index (χ1) is 12.5. The van der Waals surface area contributed by atoms with E-state index in [1.807, 2.05) is 32.0 Å². The Morgan fingerprint density at radius 1 is 1.19 bits per heavy atom. The molecule has 1 atom stereocenters. The summed E-state index contributed by atoms with van der Waals surface area (Å²) in [4.78, 5) is 4.88. The smallest absolute Gasteiger partial charge is 0.121 e. The molecular formula is C21H25BN2O2. The Morgan fingerprint density at radius 2 is 2.00 bits per heavy atom. The van der Waals surface area contributed by atoms with Gasteiger partial charge in [0.25, 0.3) is 0 Å². The molecule has 1 heterocycles. The zero-order chi connectivity index (χ0) is 18.7. The van der Waals surface area contributed by atoms with Crippen LogP contribution >= 0.6 is 0 Å². The maximum atomic E-state index is 6.19. The van der Waals surface area contributed by atoms with Crippen LogP contribution in [0, 0.1) is 6.92 Å². The van der Waals surface area contributed by atoms with Crippen molar-refractivity contribution in [3.63, 3.8) is 0 Å². The predicted molar refractivity (Wildman–Crippen MR) is 107 cm³/mol. The molecule has 0 fully saturated rings. The third-order valence-electron chi connectivity index (χ3n) is 4.92. The zero-order valence-corrected chi connectivity index (χ0v) is 15.7. The highest BCUT2D eigenvalue weighted by atomic mass is 16.5. The van der Waals surface area contributed by atoms with Gasteiger partial charge in [-0.1, -0.05) is 29.7 Å². The molecule has 3 rings (SSSR count). The molecular weight excluding hydrogens is 323 g/mol. The quantitative estimate of drug-likeness (QED) is 0.817. The fourth-order valence-corrected chi connectivity index (χ4v) is 3.65. The first-order valence-corrected chi connectivity index (χ1v) is 8.95. The van der Waals surface area contributed by atoms with E-state index in [0.717, 1.165) is 40.8 Å². The molecule has 0 amide bonds. The fourth-order valence-electron chi connectivity index (χ4n) is 3.65. The van der Waals surface area contributed by atoms with E-state index < -0.39 is 5.54 Å². The van der Waals surface area contributed by atoms with E-state index >= 15 is 0 Å². The molecule has 2 aromatic rings. The Balaban J connectivity index is 2.12. The van der Waals surface area contributed by atoms with Crippen LogP contribution in [-0.4, -0.2) is 27.4 Å². The number of nitrogens with zero attached hydrogens (tertiary/aromatic N) is 1. The highest BCUT2D eigenvalue weighted by Crippen LogP contribution is 2.43. The third-order valence-corrected chi connectivity index (χ3v) is 4.92. The van der Waals surface area contributed by atoms with Crippen molar-refractivity contribution in [2.24, 2.45) is 10.7 Å². The number of rotatable bonds is 6. The second-order valence-corrected chi connectivity index (χ2v) is 6.75. The van der Waals surface area contributed by atoms with Gasteiger partial charge in [-0.15, -0.1) is 0 Å². The zero-order valence-electron chi connectivity index (χ0n) is 15.7. The predicted octanol–water partition coefficient (Wildman–Crippen LogP) is 2.73. The first kappa shape index (κ1) is 18.5. The summed E-state index contributed by atoms with van der Waals surface area (Å²) >= 11 is 0. The van der Waals surface area contributed by atoms with E-state index in [4.69, 9.17) is 28.0 Å². The van der Waals surface area contributed by atoms with Gasteiger partial charge in [0.2, 0.25) is 0 Å². The third kappa shape index (κ3) is 3.49. The molecule has 1 aliphatic heterocycles. The number of aryl methyl sites for hydroxylation is 1. The Hall–Kier alpha value is -2.27. The van der Waals surface area contributed by atoms with E-state index in [2.05, 4.69) is 18.2 Å². The summed E-state index contributed by atoms with van der Waals surface area (Å²) in [5.74, 6) is 1.54. The maximum Gasteiger partial charge on any atom is 0.121 e. The van der Waals surface area contributed by atoms with E-state index in [-0.39, 0.29) is 0 Å². The summed E-state index contributed by atoms with van der Waals surface area (Å²) in [6.07, 6.45) is 1.59. The minimum absolute atomic E-state index is 0.516. The topological polar surface area (TPSA) is 56.8 Å². The minimum atomic E-state index is -0.516. The monoisotopic (exact) mass is 348 g/mol. The summed E-state index contributed by atoms with van der Waals surface area (Å²) in [5, 5.41) is 0. The first-order valence-electron chi connectivity index (χ1n) is 8.95. The molecule has 2 aromatic carbocycles. The molecule has 0 spiro atoms.